The Morgan fingerprint density at radius 1 is 1.47 bits per heavy atom. The first-order chi connectivity index (χ1) is 7.30. The van der Waals surface area contributed by atoms with Gasteiger partial charge in [-0.05, 0) is 25.7 Å². The number of anilines is 1. The van der Waals surface area contributed by atoms with Crippen molar-refractivity contribution in [3.8, 4) is 0 Å². The zero-order valence-electron chi connectivity index (χ0n) is 9.95. The van der Waals surface area contributed by atoms with Crippen LogP contribution in [0.5, 0.6) is 0 Å². The molecule has 1 heterocycles. The minimum Gasteiger partial charge on any atom is -0.373 e. The molecule has 3 nitrogen and oxygen atoms in total. The van der Waals surface area contributed by atoms with Crippen LogP contribution in [0.1, 0.15) is 57.2 Å². The van der Waals surface area contributed by atoms with Crippen molar-refractivity contribution in [2.24, 2.45) is 0 Å². The van der Waals surface area contributed by atoms with Crippen LogP contribution >= 0.6 is 0 Å². The highest BCUT2D eigenvalue weighted by atomic mass is 15.3. The maximum Gasteiger partial charge on any atom is 0.124 e. The fourth-order valence-corrected chi connectivity index (χ4v) is 2.09. The van der Waals surface area contributed by atoms with E-state index in [1.165, 1.54) is 24.4 Å². The molecule has 0 radical (unpaired) electrons. The summed E-state index contributed by atoms with van der Waals surface area (Å²) in [6, 6.07) is 2.76. The van der Waals surface area contributed by atoms with Gasteiger partial charge in [-0.1, -0.05) is 13.8 Å². The Morgan fingerprint density at radius 2 is 2.13 bits per heavy atom. The minimum absolute atomic E-state index is 0.542. The van der Waals surface area contributed by atoms with Crippen molar-refractivity contribution < 1.29 is 0 Å². The quantitative estimate of drug-likeness (QED) is 0.803. The SMILES string of the molecule is CCC(CC)n1nc(C2CC2)cc1NC. The van der Waals surface area contributed by atoms with Gasteiger partial charge in [-0.2, -0.15) is 5.10 Å². The molecule has 1 fully saturated rings. The molecule has 0 spiro atoms. The molecular formula is C12H21N3. The van der Waals surface area contributed by atoms with E-state index in [0.717, 1.165) is 18.8 Å². The molecule has 1 N–H and O–H groups in total. The zero-order valence-corrected chi connectivity index (χ0v) is 9.95. The summed E-state index contributed by atoms with van der Waals surface area (Å²) in [7, 11) is 1.98. The largest absolute Gasteiger partial charge is 0.373 e. The number of nitrogens with zero attached hydrogens (tertiary/aromatic N) is 2. The summed E-state index contributed by atoms with van der Waals surface area (Å²) in [4.78, 5) is 0. The number of hydrogen-bond acceptors (Lipinski definition) is 2. The van der Waals surface area contributed by atoms with Crippen LogP contribution in [-0.4, -0.2) is 16.8 Å². The molecule has 0 aliphatic heterocycles. The van der Waals surface area contributed by atoms with Crippen molar-refractivity contribution in [2.45, 2.75) is 51.5 Å². The number of rotatable bonds is 5. The molecular weight excluding hydrogens is 186 g/mol. The van der Waals surface area contributed by atoms with E-state index in [1.807, 2.05) is 7.05 Å². The molecule has 0 saturated heterocycles. The van der Waals surface area contributed by atoms with Crippen LogP contribution in [0.25, 0.3) is 0 Å². The van der Waals surface area contributed by atoms with Gasteiger partial charge in [-0.15, -0.1) is 0 Å². The van der Waals surface area contributed by atoms with Gasteiger partial charge < -0.3 is 5.32 Å². The van der Waals surface area contributed by atoms with E-state index in [4.69, 9.17) is 5.10 Å². The number of nitrogens with one attached hydrogen (secondary N) is 1. The molecule has 0 amide bonds. The summed E-state index contributed by atoms with van der Waals surface area (Å²) in [5.41, 5.74) is 1.28. The lowest BCUT2D eigenvalue weighted by atomic mass is 10.2. The lowest BCUT2D eigenvalue weighted by Crippen LogP contribution is -2.11. The first-order valence-electron chi connectivity index (χ1n) is 6.07. The molecule has 3 heteroatoms. The Labute approximate surface area is 91.9 Å². The molecule has 15 heavy (non-hydrogen) atoms. The van der Waals surface area contributed by atoms with E-state index >= 15 is 0 Å². The lowest BCUT2D eigenvalue weighted by Gasteiger charge is -2.16. The van der Waals surface area contributed by atoms with Gasteiger partial charge in [0.15, 0.2) is 0 Å². The van der Waals surface area contributed by atoms with Crippen LogP contribution in [-0.2, 0) is 0 Å². The van der Waals surface area contributed by atoms with Gasteiger partial charge in [-0.3, -0.25) is 0 Å². The van der Waals surface area contributed by atoms with Crippen molar-refractivity contribution in [2.75, 3.05) is 12.4 Å². The minimum atomic E-state index is 0.542. The Bertz CT molecular complexity index is 322. The van der Waals surface area contributed by atoms with E-state index in [0.29, 0.717) is 6.04 Å². The van der Waals surface area contributed by atoms with Gasteiger partial charge in [0.2, 0.25) is 0 Å². The summed E-state index contributed by atoms with van der Waals surface area (Å²) >= 11 is 0. The Hall–Kier alpha value is -0.990. The standard InChI is InChI=1S/C12H21N3/c1-4-10(5-2)15-12(13-3)8-11(14-15)9-6-7-9/h8-10,13H,4-7H2,1-3H3. The summed E-state index contributed by atoms with van der Waals surface area (Å²) in [6.45, 7) is 4.46. The molecule has 0 aromatic carbocycles. The second-order valence-electron chi connectivity index (χ2n) is 4.39. The van der Waals surface area contributed by atoms with Crippen LogP contribution in [0.2, 0.25) is 0 Å². The fourth-order valence-electron chi connectivity index (χ4n) is 2.09. The number of aromatic nitrogens is 2. The van der Waals surface area contributed by atoms with E-state index < -0.39 is 0 Å². The van der Waals surface area contributed by atoms with E-state index in [1.54, 1.807) is 0 Å². The van der Waals surface area contributed by atoms with Crippen molar-refractivity contribution in [1.82, 2.24) is 9.78 Å². The first kappa shape index (κ1) is 10.5. The van der Waals surface area contributed by atoms with Crippen LogP contribution in [0.4, 0.5) is 5.82 Å². The highest BCUT2D eigenvalue weighted by molar-refractivity contribution is 5.39. The van der Waals surface area contributed by atoms with Crippen molar-refractivity contribution in [3.05, 3.63) is 11.8 Å². The summed E-state index contributed by atoms with van der Waals surface area (Å²) in [5.74, 6) is 1.92. The maximum absolute atomic E-state index is 4.74. The third kappa shape index (κ3) is 2.01. The van der Waals surface area contributed by atoms with Gasteiger partial charge in [0.1, 0.15) is 5.82 Å². The predicted molar refractivity (Wildman–Crippen MR) is 63.4 cm³/mol. The summed E-state index contributed by atoms with van der Waals surface area (Å²) in [6.07, 6.45) is 4.94. The smallest absolute Gasteiger partial charge is 0.124 e. The average molecular weight is 207 g/mol. The zero-order chi connectivity index (χ0) is 10.8. The summed E-state index contributed by atoms with van der Waals surface area (Å²) in [5, 5.41) is 7.99. The van der Waals surface area contributed by atoms with Gasteiger partial charge in [-0.25, -0.2) is 4.68 Å². The molecule has 2 rings (SSSR count). The van der Waals surface area contributed by atoms with E-state index in [-0.39, 0.29) is 0 Å². The molecule has 1 saturated carbocycles. The van der Waals surface area contributed by atoms with Crippen LogP contribution < -0.4 is 5.32 Å². The van der Waals surface area contributed by atoms with Gasteiger partial charge in [0.05, 0.1) is 11.7 Å². The topological polar surface area (TPSA) is 29.9 Å². The highest BCUT2D eigenvalue weighted by Gasteiger charge is 2.27. The van der Waals surface area contributed by atoms with Crippen LogP contribution in [0.15, 0.2) is 6.07 Å². The third-order valence-electron chi connectivity index (χ3n) is 3.29. The normalized spacial score (nSPS) is 16.0. The van der Waals surface area contributed by atoms with Crippen LogP contribution in [0.3, 0.4) is 0 Å². The Kier molecular flexibility index (Phi) is 2.98. The first-order valence-corrected chi connectivity index (χ1v) is 6.07. The monoisotopic (exact) mass is 207 g/mol. The highest BCUT2D eigenvalue weighted by Crippen LogP contribution is 2.40. The molecule has 0 unspecified atom stereocenters. The molecule has 0 bridgehead atoms. The van der Waals surface area contributed by atoms with Crippen molar-refractivity contribution >= 4 is 5.82 Å². The molecule has 1 aromatic rings. The molecule has 1 aromatic heterocycles. The second-order valence-corrected chi connectivity index (χ2v) is 4.39. The van der Waals surface area contributed by atoms with Gasteiger partial charge in [0, 0.05) is 19.0 Å². The molecule has 1 aliphatic rings. The number of hydrogen-bond donors (Lipinski definition) is 1. The van der Waals surface area contributed by atoms with Gasteiger partial charge in [0.25, 0.3) is 0 Å². The Morgan fingerprint density at radius 3 is 2.60 bits per heavy atom. The molecule has 0 atom stereocenters. The van der Waals surface area contributed by atoms with E-state index in [9.17, 15) is 0 Å². The summed E-state index contributed by atoms with van der Waals surface area (Å²) < 4.78 is 2.17. The molecule has 1 aliphatic carbocycles. The van der Waals surface area contributed by atoms with Gasteiger partial charge >= 0.3 is 0 Å². The predicted octanol–water partition coefficient (Wildman–Crippen LogP) is 3.16. The Balaban J connectivity index is 2.26. The van der Waals surface area contributed by atoms with E-state index in [2.05, 4.69) is 29.9 Å². The van der Waals surface area contributed by atoms with Crippen molar-refractivity contribution in [3.63, 3.8) is 0 Å². The third-order valence-corrected chi connectivity index (χ3v) is 3.29. The second kappa shape index (κ2) is 4.25. The molecule has 84 valence electrons. The fraction of sp³-hybridized carbons (Fsp3) is 0.750. The van der Waals surface area contributed by atoms with Crippen molar-refractivity contribution in [1.29, 1.82) is 0 Å². The maximum atomic E-state index is 4.74. The lowest BCUT2D eigenvalue weighted by molar-refractivity contribution is 0.430. The van der Waals surface area contributed by atoms with Crippen LogP contribution in [0, 0.1) is 0 Å². The average Bonchev–Trinajstić information content (AvgIpc) is 3.02.